The molecule has 2 atom stereocenters. The second-order valence-electron chi connectivity index (χ2n) is 6.88. The molecule has 0 bridgehead atoms. The molecule has 2 heterocycles. The lowest BCUT2D eigenvalue weighted by molar-refractivity contribution is 0.0740. The molecule has 1 saturated heterocycles. The smallest absolute Gasteiger partial charge is 0.317 e. The van der Waals surface area contributed by atoms with E-state index in [0.29, 0.717) is 13.1 Å². The minimum atomic E-state index is -0.352. The number of urea groups is 1. The number of carbonyl (C=O) groups is 1. The maximum atomic E-state index is 12.4. The van der Waals surface area contributed by atoms with Crippen molar-refractivity contribution >= 4 is 16.9 Å². The van der Waals surface area contributed by atoms with E-state index in [1.165, 1.54) is 16.5 Å². The Bertz CT molecular complexity index is 708. The van der Waals surface area contributed by atoms with Gasteiger partial charge in [-0.1, -0.05) is 12.1 Å². The quantitative estimate of drug-likeness (QED) is 0.807. The number of aliphatic hydroxyl groups is 1. The Balaban J connectivity index is 1.55. The van der Waals surface area contributed by atoms with E-state index in [9.17, 15) is 9.90 Å². The maximum absolute atomic E-state index is 12.4. The fourth-order valence-corrected chi connectivity index (χ4v) is 3.65. The molecule has 3 N–H and O–H groups in total. The van der Waals surface area contributed by atoms with E-state index < -0.39 is 0 Å². The predicted octanol–water partition coefficient (Wildman–Crippen LogP) is 2.82. The van der Waals surface area contributed by atoms with Crippen LogP contribution in [0.3, 0.4) is 0 Å². The van der Waals surface area contributed by atoms with E-state index in [1.54, 1.807) is 0 Å². The van der Waals surface area contributed by atoms with Crippen LogP contribution in [0.5, 0.6) is 0 Å². The molecular formula is C19H27N3O2. The first-order valence-corrected chi connectivity index (χ1v) is 8.82. The van der Waals surface area contributed by atoms with Crippen LogP contribution in [0.25, 0.3) is 10.9 Å². The van der Waals surface area contributed by atoms with Gasteiger partial charge in [-0.05, 0) is 50.3 Å². The van der Waals surface area contributed by atoms with Crippen LogP contribution in [-0.2, 0) is 6.42 Å². The first-order chi connectivity index (χ1) is 11.6. The molecule has 130 valence electrons. The van der Waals surface area contributed by atoms with Crippen molar-refractivity contribution in [2.45, 2.75) is 39.2 Å². The van der Waals surface area contributed by atoms with Gasteiger partial charge in [0.2, 0.25) is 0 Å². The Morgan fingerprint density at radius 1 is 1.50 bits per heavy atom. The van der Waals surface area contributed by atoms with Crippen molar-refractivity contribution in [2.24, 2.45) is 5.92 Å². The number of aromatic amines is 1. The molecule has 5 heteroatoms. The van der Waals surface area contributed by atoms with Gasteiger partial charge in [0.25, 0.3) is 0 Å². The third-order valence-corrected chi connectivity index (χ3v) is 5.09. The van der Waals surface area contributed by atoms with Gasteiger partial charge in [0.05, 0.1) is 6.10 Å². The number of fused-ring (bicyclic) bond motifs is 1. The highest BCUT2D eigenvalue weighted by Gasteiger charge is 2.26. The third-order valence-electron chi connectivity index (χ3n) is 5.09. The monoisotopic (exact) mass is 329 g/mol. The van der Waals surface area contributed by atoms with E-state index in [4.69, 9.17) is 0 Å². The topological polar surface area (TPSA) is 68.4 Å². The van der Waals surface area contributed by atoms with Crippen molar-refractivity contribution in [3.8, 4) is 0 Å². The number of carbonyl (C=O) groups excluding carboxylic acids is 1. The highest BCUT2D eigenvalue weighted by molar-refractivity contribution is 5.86. The van der Waals surface area contributed by atoms with Crippen LogP contribution < -0.4 is 5.32 Å². The first kappa shape index (κ1) is 16.8. The molecule has 2 amide bonds. The average Bonchev–Trinajstić information content (AvgIpc) is 2.99. The van der Waals surface area contributed by atoms with E-state index >= 15 is 0 Å². The Hall–Kier alpha value is -2.01. The number of likely N-dealkylation sites (tertiary alicyclic amines) is 1. The summed E-state index contributed by atoms with van der Waals surface area (Å²) in [6, 6.07) is 6.22. The molecule has 2 unspecified atom stereocenters. The van der Waals surface area contributed by atoms with Gasteiger partial charge in [-0.3, -0.25) is 0 Å². The standard InChI is InChI=1S/C19H27N3O2/c1-13-5-3-7-17-18(13)15(11-21-17)8-9-20-19(24)22-10-4-6-16(12-22)14(2)23/h3,5,7,11,14,16,21,23H,4,6,8-10,12H2,1-2H3,(H,20,24). The number of hydrogen-bond donors (Lipinski definition) is 3. The molecular weight excluding hydrogens is 302 g/mol. The van der Waals surface area contributed by atoms with Gasteiger partial charge in [-0.25, -0.2) is 4.79 Å². The SMILES string of the molecule is Cc1cccc2[nH]cc(CCNC(=O)N3CCCC(C(C)O)C3)c12. The van der Waals surface area contributed by atoms with Crippen molar-refractivity contribution in [3.63, 3.8) is 0 Å². The van der Waals surface area contributed by atoms with Gasteiger partial charge in [0.15, 0.2) is 0 Å². The van der Waals surface area contributed by atoms with E-state index in [-0.39, 0.29) is 18.1 Å². The van der Waals surface area contributed by atoms with Crippen molar-refractivity contribution < 1.29 is 9.90 Å². The number of benzene rings is 1. The van der Waals surface area contributed by atoms with Gasteiger partial charge in [-0.15, -0.1) is 0 Å². The fraction of sp³-hybridized carbons (Fsp3) is 0.526. The largest absolute Gasteiger partial charge is 0.393 e. The Morgan fingerprint density at radius 3 is 3.12 bits per heavy atom. The molecule has 2 aromatic rings. The van der Waals surface area contributed by atoms with Crippen molar-refractivity contribution in [1.82, 2.24) is 15.2 Å². The number of amides is 2. The number of H-pyrrole nitrogens is 1. The zero-order valence-corrected chi connectivity index (χ0v) is 14.5. The number of aryl methyl sites for hydroxylation is 1. The summed E-state index contributed by atoms with van der Waals surface area (Å²) < 4.78 is 0. The number of hydrogen-bond acceptors (Lipinski definition) is 2. The summed E-state index contributed by atoms with van der Waals surface area (Å²) in [5, 5.41) is 14.0. The summed E-state index contributed by atoms with van der Waals surface area (Å²) in [6.07, 6.45) is 4.45. The van der Waals surface area contributed by atoms with Gasteiger partial charge < -0.3 is 20.3 Å². The second-order valence-corrected chi connectivity index (χ2v) is 6.88. The Kier molecular flexibility index (Phi) is 5.09. The fourth-order valence-electron chi connectivity index (χ4n) is 3.65. The summed E-state index contributed by atoms with van der Waals surface area (Å²) in [6.45, 7) is 5.97. The van der Waals surface area contributed by atoms with Crippen LogP contribution in [0.1, 0.15) is 30.9 Å². The number of aliphatic hydroxyl groups excluding tert-OH is 1. The molecule has 0 aliphatic carbocycles. The zero-order chi connectivity index (χ0) is 17.1. The number of piperidine rings is 1. The van der Waals surface area contributed by atoms with Crippen molar-refractivity contribution in [2.75, 3.05) is 19.6 Å². The number of nitrogens with one attached hydrogen (secondary N) is 2. The molecule has 0 spiro atoms. The zero-order valence-electron chi connectivity index (χ0n) is 14.5. The summed E-state index contributed by atoms with van der Waals surface area (Å²) >= 11 is 0. The summed E-state index contributed by atoms with van der Waals surface area (Å²) in [5.74, 6) is 0.195. The molecule has 5 nitrogen and oxygen atoms in total. The van der Waals surface area contributed by atoms with Gasteiger partial charge >= 0.3 is 6.03 Å². The average molecular weight is 329 g/mol. The van der Waals surface area contributed by atoms with Crippen LogP contribution in [0.2, 0.25) is 0 Å². The molecule has 1 aromatic heterocycles. The highest BCUT2D eigenvalue weighted by Crippen LogP contribution is 2.22. The normalized spacial score (nSPS) is 19.5. The predicted molar refractivity (Wildman–Crippen MR) is 96.1 cm³/mol. The van der Waals surface area contributed by atoms with Crippen LogP contribution in [0, 0.1) is 12.8 Å². The molecule has 1 fully saturated rings. The number of rotatable bonds is 4. The van der Waals surface area contributed by atoms with Gasteiger partial charge in [0, 0.05) is 42.7 Å². The molecule has 1 aliphatic heterocycles. The molecule has 0 radical (unpaired) electrons. The summed E-state index contributed by atoms with van der Waals surface area (Å²) in [7, 11) is 0. The molecule has 24 heavy (non-hydrogen) atoms. The van der Waals surface area contributed by atoms with Crippen LogP contribution >= 0.6 is 0 Å². The van der Waals surface area contributed by atoms with Crippen LogP contribution in [0.4, 0.5) is 4.79 Å². The summed E-state index contributed by atoms with van der Waals surface area (Å²) in [4.78, 5) is 17.5. The first-order valence-electron chi connectivity index (χ1n) is 8.82. The Morgan fingerprint density at radius 2 is 2.33 bits per heavy atom. The van der Waals surface area contributed by atoms with Crippen molar-refractivity contribution in [1.29, 1.82) is 0 Å². The Labute approximate surface area is 143 Å². The second kappa shape index (κ2) is 7.26. The molecule has 1 aromatic carbocycles. The lowest BCUT2D eigenvalue weighted by atomic mass is 9.94. The lowest BCUT2D eigenvalue weighted by Crippen LogP contribution is -2.47. The molecule has 0 saturated carbocycles. The van der Waals surface area contributed by atoms with E-state index in [1.807, 2.05) is 18.0 Å². The highest BCUT2D eigenvalue weighted by atomic mass is 16.3. The lowest BCUT2D eigenvalue weighted by Gasteiger charge is -2.34. The molecule has 1 aliphatic rings. The van der Waals surface area contributed by atoms with E-state index in [2.05, 4.69) is 35.4 Å². The maximum Gasteiger partial charge on any atom is 0.317 e. The van der Waals surface area contributed by atoms with Crippen molar-refractivity contribution in [3.05, 3.63) is 35.5 Å². The molecule has 3 rings (SSSR count). The summed E-state index contributed by atoms with van der Waals surface area (Å²) in [5.41, 5.74) is 3.64. The minimum absolute atomic E-state index is 0.0167. The van der Waals surface area contributed by atoms with Gasteiger partial charge in [0.1, 0.15) is 0 Å². The van der Waals surface area contributed by atoms with Crippen LogP contribution in [-0.4, -0.2) is 46.8 Å². The van der Waals surface area contributed by atoms with Gasteiger partial charge in [-0.2, -0.15) is 0 Å². The minimum Gasteiger partial charge on any atom is -0.393 e. The number of nitrogens with zero attached hydrogens (tertiary/aromatic N) is 1. The third kappa shape index (κ3) is 3.56. The number of aromatic nitrogens is 1. The van der Waals surface area contributed by atoms with E-state index in [0.717, 1.165) is 31.3 Å². The van der Waals surface area contributed by atoms with Crippen LogP contribution in [0.15, 0.2) is 24.4 Å².